The van der Waals surface area contributed by atoms with Crippen LogP contribution in [-0.4, -0.2) is 35.7 Å². The van der Waals surface area contributed by atoms with Gasteiger partial charge in [-0.3, -0.25) is 10.1 Å². The highest BCUT2D eigenvalue weighted by Gasteiger charge is 2.24. The van der Waals surface area contributed by atoms with Crippen LogP contribution in [0.15, 0.2) is 18.2 Å². The van der Waals surface area contributed by atoms with Crippen LogP contribution in [-0.2, 0) is 4.79 Å². The Morgan fingerprint density at radius 3 is 2.67 bits per heavy atom. The van der Waals surface area contributed by atoms with E-state index in [9.17, 15) is 14.4 Å². The number of carbonyl (C=O) groups excluding carboxylic acids is 2. The molecule has 0 bridgehead atoms. The molecule has 112 valence electrons. The molecule has 1 aromatic carbocycles. The summed E-state index contributed by atoms with van der Waals surface area (Å²) in [6.07, 6.45) is 1.86. The van der Waals surface area contributed by atoms with Crippen LogP contribution in [0.4, 0.5) is 4.79 Å². The number of hydrogen-bond acceptors (Lipinski definition) is 4. The summed E-state index contributed by atoms with van der Waals surface area (Å²) < 4.78 is 5.92. The van der Waals surface area contributed by atoms with Gasteiger partial charge in [-0.25, -0.2) is 9.59 Å². The molecule has 21 heavy (non-hydrogen) atoms. The lowest BCUT2D eigenvalue weighted by molar-refractivity contribution is -0.122. The molecule has 3 N–H and O–H groups in total. The second kappa shape index (κ2) is 6.74. The van der Waals surface area contributed by atoms with E-state index < -0.39 is 17.9 Å². The van der Waals surface area contributed by atoms with E-state index in [-0.39, 0.29) is 24.0 Å². The minimum Gasteiger partial charge on any atom is -0.483 e. The standard InChI is InChI=1S/C13H13IN2O5/c14-9-4-1-7(12(18)19)5-10(9)21-6-11(17)16-13(20)15-8-2-3-8/h1,4-5,8H,2-3,6H2,(H,18,19)(H2,15,16,17,20). The first-order chi connectivity index (χ1) is 9.95. The van der Waals surface area contributed by atoms with Gasteiger partial charge in [0.05, 0.1) is 9.13 Å². The summed E-state index contributed by atoms with van der Waals surface area (Å²) in [6, 6.07) is 3.98. The second-order valence-electron chi connectivity index (χ2n) is 4.53. The monoisotopic (exact) mass is 404 g/mol. The zero-order valence-electron chi connectivity index (χ0n) is 10.9. The number of rotatable bonds is 5. The first-order valence-electron chi connectivity index (χ1n) is 6.21. The SMILES string of the molecule is O=C(COc1cc(C(=O)O)ccc1I)NC(=O)NC1CC1. The van der Waals surface area contributed by atoms with Crippen molar-refractivity contribution in [1.82, 2.24) is 10.6 Å². The first kappa shape index (κ1) is 15.5. The summed E-state index contributed by atoms with van der Waals surface area (Å²) in [5.74, 6) is -1.39. The number of aromatic carboxylic acids is 1. The maximum Gasteiger partial charge on any atom is 0.335 e. The largest absolute Gasteiger partial charge is 0.483 e. The number of amides is 3. The Morgan fingerprint density at radius 1 is 1.33 bits per heavy atom. The number of imide groups is 1. The van der Waals surface area contributed by atoms with Crippen LogP contribution in [0.1, 0.15) is 23.2 Å². The van der Waals surface area contributed by atoms with Gasteiger partial charge in [-0.2, -0.15) is 0 Å². The Morgan fingerprint density at radius 2 is 2.05 bits per heavy atom. The fourth-order valence-electron chi connectivity index (χ4n) is 1.50. The van der Waals surface area contributed by atoms with E-state index in [1.54, 1.807) is 6.07 Å². The van der Waals surface area contributed by atoms with E-state index in [0.717, 1.165) is 12.8 Å². The highest BCUT2D eigenvalue weighted by molar-refractivity contribution is 14.1. The Hall–Kier alpha value is -1.84. The molecule has 1 aliphatic rings. The summed E-state index contributed by atoms with van der Waals surface area (Å²) >= 11 is 1.97. The molecular formula is C13H13IN2O5. The predicted molar refractivity (Wildman–Crippen MR) is 81.3 cm³/mol. The predicted octanol–water partition coefficient (Wildman–Crippen LogP) is 1.36. The van der Waals surface area contributed by atoms with Crippen LogP contribution in [0.5, 0.6) is 5.75 Å². The second-order valence-corrected chi connectivity index (χ2v) is 5.70. The van der Waals surface area contributed by atoms with Gasteiger partial charge >= 0.3 is 12.0 Å². The van der Waals surface area contributed by atoms with E-state index >= 15 is 0 Å². The zero-order valence-corrected chi connectivity index (χ0v) is 13.0. The van der Waals surface area contributed by atoms with E-state index in [4.69, 9.17) is 9.84 Å². The van der Waals surface area contributed by atoms with Crippen LogP contribution in [0.2, 0.25) is 0 Å². The molecule has 3 amide bonds. The number of carbonyl (C=O) groups is 3. The van der Waals surface area contributed by atoms with Crippen molar-refractivity contribution >= 4 is 40.5 Å². The first-order valence-corrected chi connectivity index (χ1v) is 7.29. The van der Waals surface area contributed by atoms with Gasteiger partial charge in [0.25, 0.3) is 5.91 Å². The zero-order chi connectivity index (χ0) is 15.4. The number of hydrogen-bond donors (Lipinski definition) is 3. The Labute approximate surface area is 134 Å². The lowest BCUT2D eigenvalue weighted by Crippen LogP contribution is -2.42. The minimum absolute atomic E-state index is 0.0669. The smallest absolute Gasteiger partial charge is 0.335 e. The summed E-state index contributed by atoms with van der Waals surface area (Å²) in [5, 5.41) is 13.7. The van der Waals surface area contributed by atoms with Crippen molar-refractivity contribution in [2.45, 2.75) is 18.9 Å². The molecule has 7 nitrogen and oxygen atoms in total. The molecule has 1 fully saturated rings. The van der Waals surface area contributed by atoms with Crippen molar-refractivity contribution in [2.24, 2.45) is 0 Å². The van der Waals surface area contributed by atoms with Crippen molar-refractivity contribution in [2.75, 3.05) is 6.61 Å². The summed E-state index contributed by atoms with van der Waals surface area (Å²) in [5.41, 5.74) is 0.0669. The highest BCUT2D eigenvalue weighted by Crippen LogP contribution is 2.22. The van der Waals surface area contributed by atoms with Gasteiger partial charge in [0.1, 0.15) is 5.75 Å². The van der Waals surface area contributed by atoms with Gasteiger partial charge in [-0.15, -0.1) is 0 Å². The average Bonchev–Trinajstić information content (AvgIpc) is 3.21. The number of carboxylic acid groups (broad SMARTS) is 1. The maximum absolute atomic E-state index is 11.5. The van der Waals surface area contributed by atoms with Crippen molar-refractivity contribution < 1.29 is 24.2 Å². The molecular weight excluding hydrogens is 391 g/mol. The van der Waals surface area contributed by atoms with Gasteiger partial charge < -0.3 is 15.2 Å². The van der Waals surface area contributed by atoms with Gasteiger partial charge in [-0.05, 0) is 53.6 Å². The molecule has 0 atom stereocenters. The summed E-state index contributed by atoms with van der Waals surface area (Å²) in [6.45, 7) is -0.364. The van der Waals surface area contributed by atoms with Gasteiger partial charge in [0.15, 0.2) is 6.61 Å². The number of nitrogens with one attached hydrogen (secondary N) is 2. The number of halogens is 1. The number of ether oxygens (including phenoxy) is 1. The molecule has 0 spiro atoms. The molecule has 2 rings (SSSR count). The Kier molecular flexibility index (Phi) is 4.99. The van der Waals surface area contributed by atoms with E-state index in [1.807, 2.05) is 22.6 Å². The van der Waals surface area contributed by atoms with Crippen molar-refractivity contribution in [1.29, 1.82) is 0 Å². The third-order valence-electron chi connectivity index (χ3n) is 2.70. The molecule has 0 aliphatic heterocycles. The van der Waals surface area contributed by atoms with Crippen LogP contribution < -0.4 is 15.4 Å². The minimum atomic E-state index is -1.08. The lowest BCUT2D eigenvalue weighted by atomic mass is 10.2. The summed E-state index contributed by atoms with van der Waals surface area (Å²) in [4.78, 5) is 33.8. The number of urea groups is 1. The quantitative estimate of drug-likeness (QED) is 0.643. The highest BCUT2D eigenvalue weighted by atomic mass is 127. The fourth-order valence-corrected chi connectivity index (χ4v) is 1.99. The van der Waals surface area contributed by atoms with Crippen LogP contribution >= 0.6 is 22.6 Å². The van der Waals surface area contributed by atoms with E-state index in [2.05, 4.69) is 10.6 Å². The third kappa shape index (κ3) is 4.88. The fraction of sp³-hybridized carbons (Fsp3) is 0.308. The van der Waals surface area contributed by atoms with Gasteiger partial charge in [-0.1, -0.05) is 0 Å². The van der Waals surface area contributed by atoms with E-state index in [1.165, 1.54) is 12.1 Å². The average molecular weight is 404 g/mol. The van der Waals surface area contributed by atoms with E-state index in [0.29, 0.717) is 3.57 Å². The van der Waals surface area contributed by atoms with Crippen molar-refractivity contribution in [3.63, 3.8) is 0 Å². The number of carboxylic acids is 1. The maximum atomic E-state index is 11.5. The molecule has 0 aromatic heterocycles. The summed E-state index contributed by atoms with van der Waals surface area (Å²) in [7, 11) is 0. The molecule has 0 heterocycles. The van der Waals surface area contributed by atoms with Gasteiger partial charge in [0.2, 0.25) is 0 Å². The molecule has 0 saturated heterocycles. The van der Waals surface area contributed by atoms with Gasteiger partial charge in [0, 0.05) is 6.04 Å². The van der Waals surface area contributed by atoms with Crippen LogP contribution in [0.3, 0.4) is 0 Å². The molecule has 8 heteroatoms. The topological polar surface area (TPSA) is 105 Å². The molecule has 1 saturated carbocycles. The third-order valence-corrected chi connectivity index (χ3v) is 3.59. The Balaban J connectivity index is 1.86. The molecule has 0 radical (unpaired) electrons. The number of benzene rings is 1. The molecule has 1 aliphatic carbocycles. The lowest BCUT2D eigenvalue weighted by Gasteiger charge is -2.09. The van der Waals surface area contributed by atoms with Crippen molar-refractivity contribution in [3.05, 3.63) is 27.3 Å². The normalized spacial score (nSPS) is 13.4. The van der Waals surface area contributed by atoms with Crippen LogP contribution in [0, 0.1) is 3.57 Å². The van der Waals surface area contributed by atoms with Crippen LogP contribution in [0.25, 0.3) is 0 Å². The molecule has 1 aromatic rings. The Bertz CT molecular complexity index is 586. The van der Waals surface area contributed by atoms with Crippen molar-refractivity contribution in [3.8, 4) is 5.75 Å². The molecule has 0 unspecified atom stereocenters.